The summed E-state index contributed by atoms with van der Waals surface area (Å²) < 4.78 is 0. The number of aryl methyl sites for hydroxylation is 1. The van der Waals surface area contributed by atoms with E-state index in [4.69, 9.17) is 4.98 Å². The van der Waals surface area contributed by atoms with Crippen molar-refractivity contribution in [2.45, 2.75) is 66.5 Å². The molecular weight excluding hydrogens is 384 g/mol. The summed E-state index contributed by atoms with van der Waals surface area (Å²) in [6.07, 6.45) is 5.40. The Morgan fingerprint density at radius 2 is 1.71 bits per heavy atom. The number of piperazine rings is 1. The van der Waals surface area contributed by atoms with Crippen molar-refractivity contribution in [2.75, 3.05) is 44.2 Å². The summed E-state index contributed by atoms with van der Waals surface area (Å²) in [5, 5.41) is 0. The fourth-order valence-corrected chi connectivity index (χ4v) is 4.22. The lowest BCUT2D eigenvalue weighted by Crippen LogP contribution is -2.47. The molecule has 0 amide bonds. The van der Waals surface area contributed by atoms with Crippen LogP contribution in [0.3, 0.4) is 0 Å². The van der Waals surface area contributed by atoms with E-state index in [0.29, 0.717) is 6.04 Å². The van der Waals surface area contributed by atoms with Crippen LogP contribution in [-0.4, -0.2) is 64.0 Å². The maximum Gasteiger partial charge on any atom is 0.135 e. The minimum absolute atomic E-state index is 0.296. The second kappa shape index (κ2) is 11.5. The number of anilines is 1. The third kappa shape index (κ3) is 6.01. The van der Waals surface area contributed by atoms with Gasteiger partial charge in [0.1, 0.15) is 12.1 Å². The Bertz CT molecular complexity index is 813. The summed E-state index contributed by atoms with van der Waals surface area (Å²) in [4.78, 5) is 21.5. The van der Waals surface area contributed by atoms with E-state index < -0.39 is 0 Å². The van der Waals surface area contributed by atoms with Crippen molar-refractivity contribution in [2.24, 2.45) is 0 Å². The Balaban J connectivity index is 0.000000628. The highest BCUT2D eigenvalue weighted by Crippen LogP contribution is 2.30. The molecule has 1 unspecified atom stereocenters. The molecule has 1 fully saturated rings. The SMILES string of the molecule is CCCC.CCN1CCN(c2ncnc3c2CCN(C(C)c2cccc(C)n2)C3)CC1. The van der Waals surface area contributed by atoms with Gasteiger partial charge in [0, 0.05) is 56.6 Å². The summed E-state index contributed by atoms with van der Waals surface area (Å²) in [5.74, 6) is 1.16. The molecule has 0 spiro atoms. The van der Waals surface area contributed by atoms with Gasteiger partial charge in [0.15, 0.2) is 0 Å². The molecule has 6 heteroatoms. The van der Waals surface area contributed by atoms with Crippen molar-refractivity contribution in [1.29, 1.82) is 0 Å². The second-order valence-corrected chi connectivity index (χ2v) is 8.64. The molecule has 4 heterocycles. The predicted octanol–water partition coefficient (Wildman–Crippen LogP) is 4.25. The average molecular weight is 425 g/mol. The first-order valence-corrected chi connectivity index (χ1v) is 12.0. The Hall–Kier alpha value is -2.05. The first-order valence-electron chi connectivity index (χ1n) is 12.0. The largest absolute Gasteiger partial charge is 0.354 e. The van der Waals surface area contributed by atoms with Crippen LogP contribution >= 0.6 is 0 Å². The fourth-order valence-electron chi connectivity index (χ4n) is 4.22. The van der Waals surface area contributed by atoms with Crippen molar-refractivity contribution < 1.29 is 0 Å². The molecule has 170 valence electrons. The Kier molecular flexibility index (Phi) is 8.79. The lowest BCUT2D eigenvalue weighted by atomic mass is 10.0. The average Bonchev–Trinajstić information content (AvgIpc) is 2.83. The van der Waals surface area contributed by atoms with Crippen molar-refractivity contribution in [3.63, 3.8) is 0 Å². The number of aromatic nitrogens is 3. The number of rotatable bonds is 5. The monoisotopic (exact) mass is 424 g/mol. The van der Waals surface area contributed by atoms with Crippen LogP contribution < -0.4 is 4.90 Å². The van der Waals surface area contributed by atoms with Crippen LogP contribution in [-0.2, 0) is 13.0 Å². The van der Waals surface area contributed by atoms with E-state index in [-0.39, 0.29) is 0 Å². The Morgan fingerprint density at radius 3 is 2.35 bits per heavy atom. The highest BCUT2D eigenvalue weighted by molar-refractivity contribution is 5.50. The Morgan fingerprint density at radius 1 is 0.968 bits per heavy atom. The highest BCUT2D eigenvalue weighted by atomic mass is 15.3. The maximum atomic E-state index is 4.72. The number of fused-ring (bicyclic) bond motifs is 1. The second-order valence-electron chi connectivity index (χ2n) is 8.64. The van der Waals surface area contributed by atoms with Crippen LogP contribution in [0.1, 0.15) is 69.2 Å². The summed E-state index contributed by atoms with van der Waals surface area (Å²) >= 11 is 0. The van der Waals surface area contributed by atoms with Gasteiger partial charge in [-0.3, -0.25) is 9.88 Å². The van der Waals surface area contributed by atoms with Gasteiger partial charge in [-0.05, 0) is 38.9 Å². The van der Waals surface area contributed by atoms with Crippen LogP contribution in [0.5, 0.6) is 0 Å². The van der Waals surface area contributed by atoms with Gasteiger partial charge in [0.05, 0.1) is 11.4 Å². The smallest absolute Gasteiger partial charge is 0.135 e. The summed E-state index contributed by atoms with van der Waals surface area (Å²) in [6, 6.07) is 6.58. The molecule has 2 aliphatic rings. The van der Waals surface area contributed by atoms with E-state index in [1.165, 1.54) is 24.1 Å². The summed E-state index contributed by atoms with van der Waals surface area (Å²) in [7, 11) is 0. The van der Waals surface area contributed by atoms with Gasteiger partial charge in [0.2, 0.25) is 0 Å². The third-order valence-corrected chi connectivity index (χ3v) is 6.52. The molecule has 0 aliphatic carbocycles. The Labute approximate surface area is 188 Å². The number of pyridine rings is 1. The number of hydrogen-bond acceptors (Lipinski definition) is 6. The van der Waals surface area contributed by atoms with Gasteiger partial charge in [-0.15, -0.1) is 0 Å². The molecule has 0 bridgehead atoms. The zero-order chi connectivity index (χ0) is 22.2. The fraction of sp³-hybridized carbons (Fsp3) is 0.640. The molecule has 0 aromatic carbocycles. The number of likely N-dealkylation sites (N-methyl/N-ethyl adjacent to an activating group) is 1. The van der Waals surface area contributed by atoms with Crippen LogP contribution in [0, 0.1) is 6.92 Å². The molecule has 0 saturated carbocycles. The van der Waals surface area contributed by atoms with Crippen molar-refractivity contribution in [3.05, 3.63) is 47.2 Å². The summed E-state index contributed by atoms with van der Waals surface area (Å²) in [6.45, 7) is 18.3. The first kappa shape index (κ1) is 23.6. The zero-order valence-corrected chi connectivity index (χ0v) is 20.1. The van der Waals surface area contributed by atoms with Gasteiger partial charge in [-0.2, -0.15) is 0 Å². The number of unbranched alkanes of at least 4 members (excludes halogenated alkanes) is 1. The molecule has 1 saturated heterocycles. The van der Waals surface area contributed by atoms with Crippen LogP contribution in [0.2, 0.25) is 0 Å². The first-order chi connectivity index (χ1) is 15.1. The van der Waals surface area contributed by atoms with Crippen LogP contribution in [0.15, 0.2) is 24.5 Å². The highest BCUT2D eigenvalue weighted by Gasteiger charge is 2.28. The third-order valence-electron chi connectivity index (χ3n) is 6.52. The standard InChI is InChI=1S/C21H30N6.C4H10/c1-4-25-10-12-26(13-11-25)21-18-8-9-27(14-20(18)22-15-23-21)17(3)19-7-5-6-16(2)24-19;1-3-4-2/h5-7,15,17H,4,8-14H2,1-3H3;3-4H2,1-2H3. The van der Waals surface area contributed by atoms with Crippen molar-refractivity contribution in [1.82, 2.24) is 24.8 Å². The molecule has 4 rings (SSSR count). The van der Waals surface area contributed by atoms with E-state index in [9.17, 15) is 0 Å². The molecule has 0 N–H and O–H groups in total. The number of hydrogen-bond donors (Lipinski definition) is 0. The van der Waals surface area contributed by atoms with Gasteiger partial charge >= 0.3 is 0 Å². The summed E-state index contributed by atoms with van der Waals surface area (Å²) in [5.41, 5.74) is 4.75. The molecule has 2 aromatic rings. The zero-order valence-electron chi connectivity index (χ0n) is 20.1. The molecule has 0 radical (unpaired) electrons. The van der Waals surface area contributed by atoms with Gasteiger partial charge in [0.25, 0.3) is 0 Å². The lowest BCUT2D eigenvalue weighted by Gasteiger charge is -2.38. The van der Waals surface area contributed by atoms with E-state index in [1.807, 2.05) is 0 Å². The molecule has 2 aliphatic heterocycles. The van der Waals surface area contributed by atoms with Gasteiger partial charge in [-0.1, -0.05) is 39.7 Å². The lowest BCUT2D eigenvalue weighted by molar-refractivity contribution is 0.185. The number of nitrogens with zero attached hydrogens (tertiary/aromatic N) is 6. The molecular formula is C25H40N6. The van der Waals surface area contributed by atoms with E-state index >= 15 is 0 Å². The van der Waals surface area contributed by atoms with Crippen LogP contribution in [0.4, 0.5) is 5.82 Å². The quantitative estimate of drug-likeness (QED) is 0.715. The van der Waals surface area contributed by atoms with E-state index in [0.717, 1.165) is 69.4 Å². The molecule has 1 atom stereocenters. The van der Waals surface area contributed by atoms with Crippen molar-refractivity contribution in [3.8, 4) is 0 Å². The van der Waals surface area contributed by atoms with E-state index in [1.54, 1.807) is 6.33 Å². The minimum Gasteiger partial charge on any atom is -0.354 e. The molecule has 6 nitrogen and oxygen atoms in total. The molecule has 2 aromatic heterocycles. The predicted molar refractivity (Wildman–Crippen MR) is 128 cm³/mol. The maximum absolute atomic E-state index is 4.72. The van der Waals surface area contributed by atoms with Gasteiger partial charge in [-0.25, -0.2) is 9.97 Å². The minimum atomic E-state index is 0.296. The van der Waals surface area contributed by atoms with Crippen molar-refractivity contribution >= 4 is 5.82 Å². The molecule has 31 heavy (non-hydrogen) atoms. The topological polar surface area (TPSA) is 48.4 Å². The normalized spacial score (nSPS) is 18.2. The van der Waals surface area contributed by atoms with Gasteiger partial charge < -0.3 is 9.80 Å². The van der Waals surface area contributed by atoms with E-state index in [2.05, 4.69) is 77.5 Å². The van der Waals surface area contributed by atoms with Crippen LogP contribution in [0.25, 0.3) is 0 Å².